The maximum Gasteiger partial charge on any atom is 0.323 e. The van der Waals surface area contributed by atoms with E-state index < -0.39 is 4.92 Å². The number of fused-ring (bicyclic) bond motifs is 2. The second-order valence-corrected chi connectivity index (χ2v) is 6.70. The lowest BCUT2D eigenvalue weighted by atomic mass is 10.2. The fourth-order valence-electron chi connectivity index (χ4n) is 2.73. The number of nitrogens with one attached hydrogen (secondary N) is 2. The maximum absolute atomic E-state index is 11.5. The predicted molar refractivity (Wildman–Crippen MR) is 101 cm³/mol. The van der Waals surface area contributed by atoms with Gasteiger partial charge in [0, 0.05) is 17.5 Å². The van der Waals surface area contributed by atoms with Gasteiger partial charge in [-0.2, -0.15) is 0 Å². The van der Waals surface area contributed by atoms with E-state index in [-0.39, 0.29) is 35.6 Å². The zero-order valence-corrected chi connectivity index (χ0v) is 15.3. The predicted octanol–water partition coefficient (Wildman–Crippen LogP) is 2.57. The molecule has 0 saturated carbocycles. The number of imidazole rings is 1. The Bertz CT molecular complexity index is 1170. The van der Waals surface area contributed by atoms with Gasteiger partial charge < -0.3 is 20.1 Å². The first-order valence-corrected chi connectivity index (χ1v) is 8.92. The molecule has 11 nitrogen and oxygen atoms in total. The summed E-state index contributed by atoms with van der Waals surface area (Å²) in [7, 11) is 1.58. The average Bonchev–Trinajstić information content (AvgIpc) is 3.31. The minimum absolute atomic E-state index is 0.0215. The number of H-pyrrole nitrogens is 1. The van der Waals surface area contributed by atoms with Gasteiger partial charge in [0.15, 0.2) is 10.7 Å². The summed E-state index contributed by atoms with van der Waals surface area (Å²) in [5.74, 6) is 0.696. The summed E-state index contributed by atoms with van der Waals surface area (Å²) in [5, 5.41) is 31.4. The summed E-state index contributed by atoms with van der Waals surface area (Å²) in [6.07, 6.45) is 0. The molecule has 0 unspecified atom stereocenters. The number of hydrogen-bond donors (Lipinski definition) is 3. The van der Waals surface area contributed by atoms with Crippen LogP contribution < -0.4 is 10.1 Å². The minimum atomic E-state index is -0.561. The average molecular weight is 402 g/mol. The zero-order chi connectivity index (χ0) is 19.7. The Labute approximate surface area is 161 Å². The summed E-state index contributed by atoms with van der Waals surface area (Å²) in [6.45, 7) is -0.0354. The Morgan fingerprint density at radius 1 is 1.36 bits per heavy atom. The number of aromatic nitrogens is 4. The van der Waals surface area contributed by atoms with Crippen LogP contribution in [0, 0.1) is 10.1 Å². The van der Waals surface area contributed by atoms with Gasteiger partial charge in [0.05, 0.1) is 29.7 Å². The van der Waals surface area contributed by atoms with Gasteiger partial charge in [0.2, 0.25) is 5.52 Å². The van der Waals surface area contributed by atoms with Crippen LogP contribution in [0.1, 0.15) is 0 Å². The van der Waals surface area contributed by atoms with Crippen LogP contribution >= 0.6 is 11.8 Å². The van der Waals surface area contributed by atoms with E-state index in [1.165, 1.54) is 11.8 Å². The van der Waals surface area contributed by atoms with Crippen LogP contribution in [-0.2, 0) is 0 Å². The molecule has 4 aromatic rings. The van der Waals surface area contributed by atoms with Crippen LogP contribution in [0.2, 0.25) is 0 Å². The maximum atomic E-state index is 11.5. The number of nitrogens with zero attached hydrogens (tertiary/aromatic N) is 4. The van der Waals surface area contributed by atoms with E-state index in [2.05, 4.69) is 25.6 Å². The fraction of sp³-hybridized carbons (Fsp3) is 0.188. The van der Waals surface area contributed by atoms with Crippen molar-refractivity contribution in [1.82, 2.24) is 20.3 Å². The van der Waals surface area contributed by atoms with Crippen LogP contribution in [0.5, 0.6) is 5.75 Å². The molecule has 0 atom stereocenters. The van der Waals surface area contributed by atoms with Crippen molar-refractivity contribution in [2.45, 2.75) is 10.1 Å². The number of nitro groups is 1. The quantitative estimate of drug-likeness (QED) is 0.310. The van der Waals surface area contributed by atoms with Gasteiger partial charge >= 0.3 is 5.69 Å². The minimum Gasteiger partial charge on any atom is -0.497 e. The van der Waals surface area contributed by atoms with Gasteiger partial charge in [-0.25, -0.2) is 9.61 Å². The molecular formula is C16H14N6O5S. The van der Waals surface area contributed by atoms with E-state index >= 15 is 0 Å². The Kier molecular flexibility index (Phi) is 4.71. The molecule has 28 heavy (non-hydrogen) atoms. The number of aliphatic hydroxyl groups excluding tert-OH is 1. The highest BCUT2D eigenvalue weighted by Gasteiger charge is 2.26. The van der Waals surface area contributed by atoms with E-state index in [1.807, 2.05) is 12.1 Å². The number of aromatic amines is 1. The molecule has 2 aromatic carbocycles. The van der Waals surface area contributed by atoms with Gasteiger partial charge in [0.25, 0.3) is 0 Å². The number of nitro benzene ring substituents is 1. The molecule has 0 aliphatic heterocycles. The molecule has 0 radical (unpaired) electrons. The van der Waals surface area contributed by atoms with E-state index in [0.717, 1.165) is 11.0 Å². The second-order valence-electron chi connectivity index (χ2n) is 5.67. The smallest absolute Gasteiger partial charge is 0.323 e. The van der Waals surface area contributed by atoms with Crippen molar-refractivity contribution in [2.24, 2.45) is 0 Å². The molecule has 4 rings (SSSR count). The Hall–Kier alpha value is -3.38. The molecule has 3 N–H and O–H groups in total. The number of anilines is 1. The molecule has 0 amide bonds. The molecule has 0 aliphatic carbocycles. The van der Waals surface area contributed by atoms with Crippen molar-refractivity contribution >= 4 is 45.2 Å². The third-order valence-corrected chi connectivity index (χ3v) is 4.88. The molecule has 2 aromatic heterocycles. The number of ether oxygens (including phenoxy) is 1. The highest BCUT2D eigenvalue weighted by atomic mass is 32.2. The molecular weight excluding hydrogens is 388 g/mol. The van der Waals surface area contributed by atoms with Crippen LogP contribution in [0.15, 0.2) is 38.9 Å². The van der Waals surface area contributed by atoms with Gasteiger partial charge in [-0.15, -0.1) is 0 Å². The topological polar surface area (TPSA) is 152 Å². The molecule has 0 fully saturated rings. The van der Waals surface area contributed by atoms with Gasteiger partial charge in [0.1, 0.15) is 11.4 Å². The summed E-state index contributed by atoms with van der Waals surface area (Å²) in [6, 6.07) is 7.02. The SMILES string of the molecule is COc1ccc2nc(Sc3cc(NCCO)c([N+](=O)[O-])c4nonc34)[nH]c2c1. The number of benzene rings is 2. The monoisotopic (exact) mass is 402 g/mol. The van der Waals surface area contributed by atoms with Crippen molar-refractivity contribution in [1.29, 1.82) is 0 Å². The largest absolute Gasteiger partial charge is 0.497 e. The Morgan fingerprint density at radius 2 is 2.18 bits per heavy atom. The number of hydrogen-bond acceptors (Lipinski definition) is 10. The molecule has 12 heteroatoms. The summed E-state index contributed by atoms with van der Waals surface area (Å²) >= 11 is 1.23. The Morgan fingerprint density at radius 3 is 2.93 bits per heavy atom. The van der Waals surface area contributed by atoms with Crippen molar-refractivity contribution < 1.29 is 19.4 Å². The van der Waals surface area contributed by atoms with Crippen LogP contribution in [0.25, 0.3) is 22.1 Å². The molecule has 0 spiro atoms. The Balaban J connectivity index is 1.79. The molecule has 0 bridgehead atoms. The van der Waals surface area contributed by atoms with Gasteiger partial charge in [-0.3, -0.25) is 10.1 Å². The van der Waals surface area contributed by atoms with Crippen LogP contribution in [0.4, 0.5) is 11.4 Å². The number of rotatable bonds is 7. The van der Waals surface area contributed by atoms with Crippen molar-refractivity contribution in [3.63, 3.8) is 0 Å². The van der Waals surface area contributed by atoms with Crippen molar-refractivity contribution in [2.75, 3.05) is 25.6 Å². The summed E-state index contributed by atoms with van der Waals surface area (Å²) in [5.41, 5.74) is 1.76. The first kappa shape index (κ1) is 18.0. The summed E-state index contributed by atoms with van der Waals surface area (Å²) < 4.78 is 9.95. The molecule has 0 aliphatic rings. The van der Waals surface area contributed by atoms with E-state index in [4.69, 9.17) is 14.5 Å². The van der Waals surface area contributed by atoms with E-state index in [1.54, 1.807) is 19.2 Å². The van der Waals surface area contributed by atoms with E-state index in [0.29, 0.717) is 15.8 Å². The lowest BCUT2D eigenvalue weighted by Crippen LogP contribution is -2.08. The lowest BCUT2D eigenvalue weighted by Gasteiger charge is -2.07. The highest BCUT2D eigenvalue weighted by molar-refractivity contribution is 7.99. The first-order chi connectivity index (χ1) is 13.6. The third-order valence-electron chi connectivity index (χ3n) is 3.96. The standard InChI is InChI=1S/C16H14N6O5S/c1-26-8-2-3-9-10(6-8)19-16(18-9)28-12-7-11(17-4-5-23)15(22(24)25)14-13(12)20-27-21-14/h2-3,6-7,17,23H,4-5H2,1H3,(H,18,19). The fourth-order valence-corrected chi connectivity index (χ4v) is 3.65. The van der Waals surface area contributed by atoms with Gasteiger partial charge in [-0.1, -0.05) is 0 Å². The van der Waals surface area contributed by atoms with Crippen molar-refractivity contribution in [3.8, 4) is 5.75 Å². The second kappa shape index (κ2) is 7.32. The highest BCUT2D eigenvalue weighted by Crippen LogP contribution is 2.40. The number of methoxy groups -OCH3 is 1. The van der Waals surface area contributed by atoms with Crippen LogP contribution in [0.3, 0.4) is 0 Å². The van der Waals surface area contributed by atoms with E-state index in [9.17, 15) is 10.1 Å². The molecule has 0 saturated heterocycles. The third kappa shape index (κ3) is 3.18. The first-order valence-electron chi connectivity index (χ1n) is 8.10. The van der Waals surface area contributed by atoms with Crippen LogP contribution in [-0.4, -0.2) is 50.6 Å². The van der Waals surface area contributed by atoms with Gasteiger partial charge in [-0.05, 0) is 40.3 Å². The zero-order valence-electron chi connectivity index (χ0n) is 14.5. The summed E-state index contributed by atoms with van der Waals surface area (Å²) in [4.78, 5) is 19.2. The number of aliphatic hydroxyl groups is 1. The molecule has 2 heterocycles. The molecule has 144 valence electrons. The van der Waals surface area contributed by atoms with Crippen molar-refractivity contribution in [3.05, 3.63) is 34.4 Å². The lowest BCUT2D eigenvalue weighted by molar-refractivity contribution is -0.382. The normalized spacial score (nSPS) is 11.2.